The number of methoxy groups -OCH3 is 1. The van der Waals surface area contributed by atoms with Crippen LogP contribution in [0.5, 0.6) is 11.5 Å². The van der Waals surface area contributed by atoms with E-state index in [0.717, 1.165) is 22.4 Å². The Kier molecular flexibility index (Phi) is 6.63. The zero-order valence-electron chi connectivity index (χ0n) is 18.1. The second-order valence-corrected chi connectivity index (χ2v) is 9.22. The van der Waals surface area contributed by atoms with E-state index in [-0.39, 0.29) is 5.91 Å². The Morgan fingerprint density at radius 3 is 2.47 bits per heavy atom. The summed E-state index contributed by atoms with van der Waals surface area (Å²) in [4.78, 5) is 15.2. The van der Waals surface area contributed by atoms with Gasteiger partial charge in [-0.1, -0.05) is 77.6 Å². The standard InChI is InChI=1S/C26H23NO3S2/c1-17-7-10-21(11-8-17)27-25(28)24(32-26(27)31)15-19-9-12-22(23(14-19)29-3)30-16-20-6-4-5-18(2)13-20/h4-15H,16H2,1-3H3/b24-15-. The summed E-state index contributed by atoms with van der Waals surface area (Å²) in [5, 5.41) is 0. The van der Waals surface area contributed by atoms with Crippen molar-refractivity contribution in [2.24, 2.45) is 0 Å². The van der Waals surface area contributed by atoms with Crippen LogP contribution < -0.4 is 14.4 Å². The van der Waals surface area contributed by atoms with Crippen molar-refractivity contribution < 1.29 is 14.3 Å². The number of hydrogen-bond donors (Lipinski definition) is 0. The molecule has 1 amide bonds. The first-order valence-corrected chi connectivity index (χ1v) is 11.4. The SMILES string of the molecule is COc1cc(/C=C2\SC(=S)N(c3ccc(C)cc3)C2=O)ccc1OCc1cccc(C)c1. The summed E-state index contributed by atoms with van der Waals surface area (Å²) in [5.74, 6) is 1.14. The van der Waals surface area contributed by atoms with Gasteiger partial charge in [-0.25, -0.2) is 0 Å². The average Bonchev–Trinajstić information content (AvgIpc) is 3.06. The normalized spacial score (nSPS) is 14.8. The number of aryl methyl sites for hydroxylation is 2. The molecule has 1 aliphatic rings. The number of benzene rings is 3. The van der Waals surface area contributed by atoms with Crippen molar-refractivity contribution in [3.05, 3.63) is 93.9 Å². The van der Waals surface area contributed by atoms with E-state index >= 15 is 0 Å². The van der Waals surface area contributed by atoms with E-state index in [0.29, 0.717) is 27.3 Å². The molecule has 0 aromatic heterocycles. The Hall–Kier alpha value is -3.09. The van der Waals surface area contributed by atoms with E-state index in [4.69, 9.17) is 21.7 Å². The van der Waals surface area contributed by atoms with Gasteiger partial charge in [0.2, 0.25) is 0 Å². The molecule has 0 saturated carbocycles. The van der Waals surface area contributed by atoms with Crippen LogP contribution in [0.15, 0.2) is 71.6 Å². The molecule has 0 N–H and O–H groups in total. The molecule has 1 fully saturated rings. The molecular formula is C26H23NO3S2. The highest BCUT2D eigenvalue weighted by atomic mass is 32.2. The molecule has 4 nitrogen and oxygen atoms in total. The number of anilines is 1. The highest BCUT2D eigenvalue weighted by Gasteiger charge is 2.33. The molecular weight excluding hydrogens is 438 g/mol. The highest BCUT2D eigenvalue weighted by molar-refractivity contribution is 8.27. The van der Waals surface area contributed by atoms with Crippen LogP contribution in [0.2, 0.25) is 0 Å². The van der Waals surface area contributed by atoms with Crippen molar-refractivity contribution in [2.45, 2.75) is 20.5 Å². The number of amides is 1. The topological polar surface area (TPSA) is 38.8 Å². The summed E-state index contributed by atoms with van der Waals surface area (Å²) in [7, 11) is 1.61. The van der Waals surface area contributed by atoms with Crippen LogP contribution in [0.25, 0.3) is 6.08 Å². The second kappa shape index (κ2) is 9.59. The maximum Gasteiger partial charge on any atom is 0.270 e. The van der Waals surface area contributed by atoms with Crippen molar-refractivity contribution in [3.8, 4) is 11.5 Å². The predicted molar refractivity (Wildman–Crippen MR) is 135 cm³/mol. The third-order valence-corrected chi connectivity index (χ3v) is 6.35. The summed E-state index contributed by atoms with van der Waals surface area (Å²) in [5.41, 5.74) is 5.03. The third-order valence-electron chi connectivity index (χ3n) is 5.05. The van der Waals surface area contributed by atoms with E-state index in [2.05, 4.69) is 19.1 Å². The molecule has 1 saturated heterocycles. The van der Waals surface area contributed by atoms with Gasteiger partial charge in [-0.2, -0.15) is 0 Å². The molecule has 0 aliphatic carbocycles. The Labute approximate surface area is 197 Å². The van der Waals surface area contributed by atoms with Gasteiger partial charge >= 0.3 is 0 Å². The monoisotopic (exact) mass is 461 g/mol. The zero-order chi connectivity index (χ0) is 22.7. The van der Waals surface area contributed by atoms with Gasteiger partial charge in [0.15, 0.2) is 15.8 Å². The van der Waals surface area contributed by atoms with E-state index in [1.54, 1.807) is 12.0 Å². The van der Waals surface area contributed by atoms with E-state index in [9.17, 15) is 4.79 Å². The Morgan fingerprint density at radius 2 is 1.75 bits per heavy atom. The second-order valence-electron chi connectivity index (χ2n) is 7.54. The molecule has 3 aromatic carbocycles. The molecule has 0 spiro atoms. The summed E-state index contributed by atoms with van der Waals surface area (Å²) in [6, 6.07) is 21.6. The lowest BCUT2D eigenvalue weighted by atomic mass is 10.1. The number of thiocarbonyl (C=S) groups is 1. The summed E-state index contributed by atoms with van der Waals surface area (Å²) in [6.07, 6.45) is 1.83. The van der Waals surface area contributed by atoms with Crippen molar-refractivity contribution in [3.63, 3.8) is 0 Å². The van der Waals surface area contributed by atoms with E-state index in [1.807, 2.05) is 67.6 Å². The number of carbonyl (C=O) groups is 1. The van der Waals surface area contributed by atoms with Crippen LogP contribution in [0, 0.1) is 13.8 Å². The lowest BCUT2D eigenvalue weighted by Gasteiger charge is -2.14. The molecule has 0 unspecified atom stereocenters. The molecule has 3 aromatic rings. The third kappa shape index (κ3) is 4.87. The van der Waals surface area contributed by atoms with Crippen LogP contribution >= 0.6 is 24.0 Å². The van der Waals surface area contributed by atoms with Gasteiger partial charge < -0.3 is 9.47 Å². The number of rotatable bonds is 6. The molecule has 32 heavy (non-hydrogen) atoms. The first kappa shape index (κ1) is 22.1. The minimum atomic E-state index is -0.123. The van der Waals surface area contributed by atoms with Crippen LogP contribution in [0.3, 0.4) is 0 Å². The Balaban J connectivity index is 1.53. The fourth-order valence-electron chi connectivity index (χ4n) is 3.39. The average molecular weight is 462 g/mol. The van der Waals surface area contributed by atoms with Crippen molar-refractivity contribution in [2.75, 3.05) is 12.0 Å². The van der Waals surface area contributed by atoms with Crippen LogP contribution in [0.4, 0.5) is 5.69 Å². The van der Waals surface area contributed by atoms with E-state index in [1.165, 1.54) is 17.3 Å². The quantitative estimate of drug-likeness (QED) is 0.318. The minimum Gasteiger partial charge on any atom is -0.493 e. The molecule has 0 bridgehead atoms. The highest BCUT2D eigenvalue weighted by Crippen LogP contribution is 2.37. The number of thioether (sulfide) groups is 1. The minimum absolute atomic E-state index is 0.123. The van der Waals surface area contributed by atoms with Gasteiger partial charge in [0.1, 0.15) is 6.61 Å². The van der Waals surface area contributed by atoms with Crippen LogP contribution in [0.1, 0.15) is 22.3 Å². The molecule has 0 atom stereocenters. The van der Waals surface area contributed by atoms with Crippen LogP contribution in [-0.2, 0) is 11.4 Å². The smallest absolute Gasteiger partial charge is 0.270 e. The summed E-state index contributed by atoms with van der Waals surface area (Å²) in [6.45, 7) is 4.52. The van der Waals surface area contributed by atoms with E-state index < -0.39 is 0 Å². The van der Waals surface area contributed by atoms with Gasteiger partial charge in [-0.3, -0.25) is 9.69 Å². The number of carbonyl (C=O) groups excluding carboxylic acids is 1. The maximum atomic E-state index is 13.0. The van der Waals surface area contributed by atoms with Gasteiger partial charge in [0, 0.05) is 0 Å². The van der Waals surface area contributed by atoms with Crippen molar-refractivity contribution in [1.82, 2.24) is 0 Å². The van der Waals surface area contributed by atoms with Crippen molar-refractivity contribution in [1.29, 1.82) is 0 Å². The zero-order valence-corrected chi connectivity index (χ0v) is 19.8. The Bertz CT molecular complexity index is 1200. The van der Waals surface area contributed by atoms with Gasteiger partial charge in [0.25, 0.3) is 5.91 Å². The molecule has 6 heteroatoms. The number of nitrogens with zero attached hydrogens (tertiary/aromatic N) is 1. The number of hydrogen-bond acceptors (Lipinski definition) is 5. The molecule has 1 aliphatic heterocycles. The largest absolute Gasteiger partial charge is 0.493 e. The molecule has 1 heterocycles. The molecule has 4 rings (SSSR count). The summed E-state index contributed by atoms with van der Waals surface area (Å²) >= 11 is 6.77. The fourth-order valence-corrected chi connectivity index (χ4v) is 4.69. The number of ether oxygens (including phenoxy) is 2. The maximum absolute atomic E-state index is 13.0. The van der Waals surface area contributed by atoms with Gasteiger partial charge in [-0.05, 0) is 55.3 Å². The van der Waals surface area contributed by atoms with Crippen LogP contribution in [-0.4, -0.2) is 17.3 Å². The Morgan fingerprint density at radius 1 is 0.969 bits per heavy atom. The lowest BCUT2D eigenvalue weighted by Crippen LogP contribution is -2.27. The molecule has 162 valence electrons. The molecule has 0 radical (unpaired) electrons. The van der Waals surface area contributed by atoms with Gasteiger partial charge in [-0.15, -0.1) is 0 Å². The fraction of sp³-hybridized carbons (Fsp3) is 0.154. The predicted octanol–water partition coefficient (Wildman–Crippen LogP) is 6.30. The van der Waals surface area contributed by atoms with Gasteiger partial charge in [0.05, 0.1) is 17.7 Å². The first-order valence-electron chi connectivity index (χ1n) is 10.2. The lowest BCUT2D eigenvalue weighted by molar-refractivity contribution is -0.113. The summed E-state index contributed by atoms with van der Waals surface area (Å²) < 4.78 is 12.0. The first-order chi connectivity index (χ1) is 15.4. The van der Waals surface area contributed by atoms with Crippen molar-refractivity contribution >= 4 is 46.0 Å².